The van der Waals surface area contributed by atoms with Crippen molar-refractivity contribution in [2.45, 2.75) is 37.0 Å². The second kappa shape index (κ2) is 7.69. The molecule has 146 valence electrons. The molecule has 4 rings (SSSR count). The zero-order valence-corrected chi connectivity index (χ0v) is 14.6. The van der Waals surface area contributed by atoms with Gasteiger partial charge in [-0.25, -0.2) is 9.59 Å². The number of aliphatic carboxylic acids is 2. The Morgan fingerprint density at radius 1 is 0.607 bits per heavy atom. The molecule has 2 N–H and O–H groups in total. The molecule has 8 heteroatoms. The number of benzene rings is 2. The SMILES string of the molecule is O=C(O)[C@H]1O[C@@H](c2ccccc2)O[C@H]2[C@@H]1O[C@H](c1ccccc1)O[C@H]2C(=O)O. The fourth-order valence-electron chi connectivity index (χ4n) is 3.34. The average Bonchev–Trinajstić information content (AvgIpc) is 2.73. The molecule has 0 unspecified atom stereocenters. The largest absolute Gasteiger partial charge is 0.479 e. The van der Waals surface area contributed by atoms with Crippen molar-refractivity contribution in [2.24, 2.45) is 0 Å². The van der Waals surface area contributed by atoms with Crippen molar-refractivity contribution >= 4 is 11.9 Å². The van der Waals surface area contributed by atoms with Gasteiger partial charge in [0.15, 0.2) is 24.8 Å². The van der Waals surface area contributed by atoms with Crippen LogP contribution in [0.5, 0.6) is 0 Å². The van der Waals surface area contributed by atoms with Gasteiger partial charge in [-0.05, 0) is 0 Å². The van der Waals surface area contributed by atoms with E-state index in [9.17, 15) is 19.8 Å². The smallest absolute Gasteiger partial charge is 0.335 e. The van der Waals surface area contributed by atoms with E-state index in [1.165, 1.54) is 0 Å². The lowest BCUT2D eigenvalue weighted by Crippen LogP contribution is -2.61. The van der Waals surface area contributed by atoms with Crippen LogP contribution >= 0.6 is 0 Å². The van der Waals surface area contributed by atoms with Crippen LogP contribution in [0.3, 0.4) is 0 Å². The summed E-state index contributed by atoms with van der Waals surface area (Å²) in [6.07, 6.45) is -7.24. The molecular formula is C20H18O8. The monoisotopic (exact) mass is 386 g/mol. The van der Waals surface area contributed by atoms with Gasteiger partial charge in [-0.15, -0.1) is 0 Å². The number of ether oxygens (including phenoxy) is 4. The van der Waals surface area contributed by atoms with Gasteiger partial charge in [-0.1, -0.05) is 60.7 Å². The molecule has 0 aromatic heterocycles. The summed E-state index contributed by atoms with van der Waals surface area (Å²) in [7, 11) is 0. The van der Waals surface area contributed by atoms with E-state index in [1.807, 2.05) is 0 Å². The fraction of sp³-hybridized carbons (Fsp3) is 0.300. The Balaban J connectivity index is 1.67. The molecule has 2 aromatic carbocycles. The standard InChI is InChI=1S/C20H18O8/c21-17(22)15-14-13(25-19(27-15)11-7-3-1-4-8-11)16(18(23)24)28-20(26-14)12-9-5-2-6-10-12/h1-10,13-16,19-20H,(H,21,22)(H,23,24)/t13-,14-,15-,16+,19-,20-/m0/s1. The Hall–Kier alpha value is -2.78. The molecule has 6 atom stereocenters. The van der Waals surface area contributed by atoms with Crippen molar-refractivity contribution in [3.05, 3.63) is 71.8 Å². The first-order valence-corrected chi connectivity index (χ1v) is 8.72. The van der Waals surface area contributed by atoms with Crippen LogP contribution < -0.4 is 0 Å². The molecule has 0 saturated carbocycles. The Labute approximate surface area is 160 Å². The lowest BCUT2D eigenvalue weighted by atomic mass is 9.98. The van der Waals surface area contributed by atoms with Crippen LogP contribution in [-0.2, 0) is 28.5 Å². The topological polar surface area (TPSA) is 112 Å². The van der Waals surface area contributed by atoms with Crippen LogP contribution in [0.2, 0.25) is 0 Å². The Morgan fingerprint density at radius 3 is 1.29 bits per heavy atom. The van der Waals surface area contributed by atoms with Gasteiger partial charge in [0.2, 0.25) is 0 Å². The van der Waals surface area contributed by atoms with E-state index in [4.69, 9.17) is 18.9 Å². The fourth-order valence-corrected chi connectivity index (χ4v) is 3.34. The molecule has 2 fully saturated rings. The molecule has 0 radical (unpaired) electrons. The third-order valence-electron chi connectivity index (χ3n) is 4.65. The highest BCUT2D eigenvalue weighted by Crippen LogP contribution is 2.40. The van der Waals surface area contributed by atoms with Crippen molar-refractivity contribution in [3.63, 3.8) is 0 Å². The van der Waals surface area contributed by atoms with E-state index < -0.39 is 48.9 Å². The maximum absolute atomic E-state index is 11.9. The lowest BCUT2D eigenvalue weighted by molar-refractivity contribution is -0.373. The first-order chi connectivity index (χ1) is 13.5. The number of carboxylic acids is 2. The van der Waals surface area contributed by atoms with Crippen molar-refractivity contribution in [3.8, 4) is 0 Å². The van der Waals surface area contributed by atoms with E-state index in [-0.39, 0.29) is 0 Å². The summed E-state index contributed by atoms with van der Waals surface area (Å²) in [6.45, 7) is 0. The molecular weight excluding hydrogens is 368 g/mol. The first-order valence-electron chi connectivity index (χ1n) is 8.72. The molecule has 0 bridgehead atoms. The summed E-state index contributed by atoms with van der Waals surface area (Å²) < 4.78 is 22.8. The second-order valence-electron chi connectivity index (χ2n) is 6.48. The molecule has 2 aromatic rings. The normalized spacial score (nSPS) is 32.3. The highest BCUT2D eigenvalue weighted by atomic mass is 16.8. The molecule has 0 aliphatic carbocycles. The van der Waals surface area contributed by atoms with E-state index in [0.29, 0.717) is 11.1 Å². The van der Waals surface area contributed by atoms with Gasteiger partial charge < -0.3 is 29.2 Å². The van der Waals surface area contributed by atoms with Gasteiger partial charge in [0.25, 0.3) is 0 Å². The third-order valence-corrected chi connectivity index (χ3v) is 4.65. The quantitative estimate of drug-likeness (QED) is 0.822. The zero-order chi connectivity index (χ0) is 19.7. The Kier molecular flexibility index (Phi) is 5.10. The number of hydrogen-bond acceptors (Lipinski definition) is 6. The maximum Gasteiger partial charge on any atom is 0.335 e. The highest BCUT2D eigenvalue weighted by molar-refractivity contribution is 5.76. The van der Waals surface area contributed by atoms with Gasteiger partial charge in [0, 0.05) is 11.1 Å². The van der Waals surface area contributed by atoms with Gasteiger partial charge >= 0.3 is 11.9 Å². The lowest BCUT2D eigenvalue weighted by Gasteiger charge is -2.46. The van der Waals surface area contributed by atoms with E-state index in [2.05, 4.69) is 0 Å². The number of carboxylic acid groups (broad SMARTS) is 2. The molecule has 2 aliphatic rings. The van der Waals surface area contributed by atoms with E-state index in [1.54, 1.807) is 60.7 Å². The summed E-state index contributed by atoms with van der Waals surface area (Å²) in [5, 5.41) is 19.3. The summed E-state index contributed by atoms with van der Waals surface area (Å²) in [6, 6.07) is 17.4. The minimum atomic E-state index is -1.42. The number of hydrogen-bond donors (Lipinski definition) is 2. The summed E-state index contributed by atoms with van der Waals surface area (Å²) >= 11 is 0. The average molecular weight is 386 g/mol. The van der Waals surface area contributed by atoms with Crippen LogP contribution in [-0.4, -0.2) is 46.6 Å². The minimum Gasteiger partial charge on any atom is -0.479 e. The van der Waals surface area contributed by atoms with Crippen molar-refractivity contribution in [1.29, 1.82) is 0 Å². The van der Waals surface area contributed by atoms with Crippen LogP contribution in [0.1, 0.15) is 23.7 Å². The highest BCUT2D eigenvalue weighted by Gasteiger charge is 2.54. The molecule has 2 aliphatic heterocycles. The van der Waals surface area contributed by atoms with Gasteiger partial charge in [-0.2, -0.15) is 0 Å². The molecule has 0 amide bonds. The number of carbonyl (C=O) groups is 2. The van der Waals surface area contributed by atoms with Crippen LogP contribution in [0.15, 0.2) is 60.7 Å². The summed E-state index contributed by atoms with van der Waals surface area (Å²) in [4.78, 5) is 23.7. The van der Waals surface area contributed by atoms with Gasteiger partial charge in [0.05, 0.1) is 0 Å². The van der Waals surface area contributed by atoms with Gasteiger partial charge in [-0.3, -0.25) is 0 Å². The van der Waals surface area contributed by atoms with Crippen molar-refractivity contribution in [1.82, 2.24) is 0 Å². The Morgan fingerprint density at radius 2 is 0.964 bits per heavy atom. The minimum absolute atomic E-state index is 0.571. The molecule has 0 spiro atoms. The molecule has 2 saturated heterocycles. The second-order valence-corrected chi connectivity index (χ2v) is 6.48. The Bertz CT molecular complexity index is 768. The first kappa shape index (κ1) is 18.6. The predicted molar refractivity (Wildman–Crippen MR) is 93.1 cm³/mol. The van der Waals surface area contributed by atoms with Crippen molar-refractivity contribution < 1.29 is 38.7 Å². The van der Waals surface area contributed by atoms with Gasteiger partial charge in [0.1, 0.15) is 12.2 Å². The van der Waals surface area contributed by atoms with E-state index >= 15 is 0 Å². The molecule has 2 heterocycles. The molecule has 8 nitrogen and oxygen atoms in total. The van der Waals surface area contributed by atoms with Crippen LogP contribution in [0, 0.1) is 0 Å². The third kappa shape index (κ3) is 3.50. The summed E-state index contributed by atoms with van der Waals surface area (Å²) in [5.74, 6) is -2.53. The van der Waals surface area contributed by atoms with Crippen LogP contribution in [0.25, 0.3) is 0 Å². The maximum atomic E-state index is 11.9. The zero-order valence-electron chi connectivity index (χ0n) is 14.6. The predicted octanol–water partition coefficient (Wildman–Crippen LogP) is 2.12. The van der Waals surface area contributed by atoms with Crippen molar-refractivity contribution in [2.75, 3.05) is 0 Å². The summed E-state index contributed by atoms with van der Waals surface area (Å²) in [5.41, 5.74) is 1.14. The molecule has 28 heavy (non-hydrogen) atoms. The number of fused-ring (bicyclic) bond motifs is 1. The van der Waals surface area contributed by atoms with E-state index in [0.717, 1.165) is 0 Å². The number of rotatable bonds is 4. The van der Waals surface area contributed by atoms with Crippen LogP contribution in [0.4, 0.5) is 0 Å².